The molecule has 2 saturated carbocycles. The van der Waals surface area contributed by atoms with Crippen molar-refractivity contribution in [2.75, 3.05) is 6.66 Å². The zero-order valence-corrected chi connectivity index (χ0v) is 14.5. The Morgan fingerprint density at radius 1 is 0.684 bits per heavy atom. The van der Waals surface area contributed by atoms with Crippen molar-refractivity contribution in [1.29, 1.82) is 0 Å². The van der Waals surface area contributed by atoms with Gasteiger partial charge in [-0.25, -0.2) is 0 Å². The van der Waals surface area contributed by atoms with Crippen LogP contribution in [-0.2, 0) is 4.57 Å². The van der Waals surface area contributed by atoms with Gasteiger partial charge in [-0.2, -0.15) is 0 Å². The molecule has 0 radical (unpaired) electrons. The topological polar surface area (TPSA) is 17.1 Å². The Bertz CT molecular complexity index is 321. The molecule has 2 aliphatic carbocycles. The molecular formula is C17H33OP. The zero-order chi connectivity index (χ0) is 14.2. The Balaban J connectivity index is 2.03. The molecule has 1 nitrogen and oxygen atoms in total. The monoisotopic (exact) mass is 284 g/mol. The first kappa shape index (κ1) is 15.6. The van der Waals surface area contributed by atoms with Crippen molar-refractivity contribution in [3.05, 3.63) is 0 Å². The Hall–Kier alpha value is 0.230. The minimum Gasteiger partial charge on any atom is -0.323 e. The van der Waals surface area contributed by atoms with Crippen LogP contribution in [0.2, 0.25) is 0 Å². The van der Waals surface area contributed by atoms with Crippen LogP contribution in [0.4, 0.5) is 0 Å². The summed E-state index contributed by atoms with van der Waals surface area (Å²) >= 11 is 0. The molecule has 0 aromatic heterocycles. The lowest BCUT2D eigenvalue weighted by Gasteiger charge is -2.42. The molecule has 2 aliphatic rings. The highest BCUT2D eigenvalue weighted by molar-refractivity contribution is 7.64. The first-order chi connectivity index (χ1) is 8.82. The highest BCUT2D eigenvalue weighted by Gasteiger charge is 2.41. The van der Waals surface area contributed by atoms with E-state index in [1.165, 1.54) is 38.5 Å². The van der Waals surface area contributed by atoms with Gasteiger partial charge in [0.1, 0.15) is 0 Å². The summed E-state index contributed by atoms with van der Waals surface area (Å²) in [6.07, 6.45) is 7.47. The smallest absolute Gasteiger partial charge is 0.0906 e. The van der Waals surface area contributed by atoms with Crippen LogP contribution in [0, 0.1) is 23.7 Å². The van der Waals surface area contributed by atoms with Crippen molar-refractivity contribution in [3.63, 3.8) is 0 Å². The van der Waals surface area contributed by atoms with Gasteiger partial charge in [0.05, 0.1) is 7.14 Å². The highest BCUT2D eigenvalue weighted by Crippen LogP contribution is 2.61. The fourth-order valence-electron chi connectivity index (χ4n) is 4.27. The van der Waals surface area contributed by atoms with E-state index in [0.29, 0.717) is 11.3 Å². The molecule has 0 aromatic rings. The number of rotatable bonds is 2. The van der Waals surface area contributed by atoms with Crippen molar-refractivity contribution in [3.8, 4) is 0 Å². The summed E-state index contributed by atoms with van der Waals surface area (Å²) in [5, 5.41) is 0. The van der Waals surface area contributed by atoms with E-state index < -0.39 is 7.14 Å². The van der Waals surface area contributed by atoms with Crippen LogP contribution >= 0.6 is 7.14 Å². The van der Waals surface area contributed by atoms with Crippen molar-refractivity contribution < 1.29 is 4.57 Å². The van der Waals surface area contributed by atoms with Gasteiger partial charge in [-0.15, -0.1) is 0 Å². The molecule has 0 bridgehead atoms. The standard InChI is InChI=1S/C17H33OP/c1-12-6-8-16(10-14(12)3)19(5,18)17-9-7-13(2)15(4)11-17/h12-17H,6-11H2,1-5H3. The first-order valence-electron chi connectivity index (χ1n) is 8.39. The van der Waals surface area contributed by atoms with Crippen molar-refractivity contribution in [2.45, 2.75) is 77.5 Å². The lowest BCUT2D eigenvalue weighted by atomic mass is 9.81. The van der Waals surface area contributed by atoms with Gasteiger partial charge in [0.15, 0.2) is 0 Å². The summed E-state index contributed by atoms with van der Waals surface area (Å²) in [5.41, 5.74) is 1.06. The number of hydrogen-bond acceptors (Lipinski definition) is 1. The summed E-state index contributed by atoms with van der Waals surface area (Å²) < 4.78 is 13.4. The molecule has 0 saturated heterocycles. The molecular weight excluding hydrogens is 251 g/mol. The van der Waals surface area contributed by atoms with Gasteiger partial charge in [-0.1, -0.05) is 27.7 Å². The van der Waals surface area contributed by atoms with Crippen LogP contribution < -0.4 is 0 Å². The van der Waals surface area contributed by atoms with E-state index in [0.717, 1.165) is 23.7 Å². The number of hydrogen-bond donors (Lipinski definition) is 0. The average molecular weight is 284 g/mol. The van der Waals surface area contributed by atoms with E-state index in [1.807, 2.05) is 0 Å². The predicted molar refractivity (Wildman–Crippen MR) is 85.5 cm³/mol. The lowest BCUT2D eigenvalue weighted by molar-refractivity contribution is 0.262. The van der Waals surface area contributed by atoms with Crippen LogP contribution in [0.15, 0.2) is 0 Å². The van der Waals surface area contributed by atoms with E-state index in [4.69, 9.17) is 0 Å². The molecule has 6 unspecified atom stereocenters. The Kier molecular flexibility index (Phi) is 4.87. The van der Waals surface area contributed by atoms with Crippen LogP contribution in [0.5, 0.6) is 0 Å². The molecule has 112 valence electrons. The van der Waals surface area contributed by atoms with E-state index in [2.05, 4.69) is 34.4 Å². The Morgan fingerprint density at radius 3 is 1.37 bits per heavy atom. The zero-order valence-electron chi connectivity index (χ0n) is 13.6. The maximum absolute atomic E-state index is 13.4. The van der Waals surface area contributed by atoms with Crippen LogP contribution in [0.3, 0.4) is 0 Å². The molecule has 2 rings (SSSR count). The fourth-order valence-corrected chi connectivity index (χ4v) is 7.69. The third kappa shape index (κ3) is 3.29. The molecule has 6 atom stereocenters. The summed E-state index contributed by atoms with van der Waals surface area (Å²) in [5.74, 6) is 3.21. The lowest BCUT2D eigenvalue weighted by Crippen LogP contribution is -2.31. The third-order valence-electron chi connectivity index (χ3n) is 6.59. The van der Waals surface area contributed by atoms with Gasteiger partial charge < -0.3 is 4.57 Å². The fraction of sp³-hybridized carbons (Fsp3) is 1.00. The second-order valence-electron chi connectivity index (χ2n) is 7.90. The highest BCUT2D eigenvalue weighted by atomic mass is 31.2. The molecule has 2 fully saturated rings. The van der Waals surface area contributed by atoms with Gasteiger partial charge >= 0.3 is 0 Å². The molecule has 0 amide bonds. The molecule has 0 aromatic carbocycles. The van der Waals surface area contributed by atoms with Gasteiger partial charge in [-0.05, 0) is 68.9 Å². The Morgan fingerprint density at radius 2 is 1.05 bits per heavy atom. The molecule has 0 spiro atoms. The molecule has 0 N–H and O–H groups in total. The average Bonchev–Trinajstić information content (AvgIpc) is 2.35. The summed E-state index contributed by atoms with van der Waals surface area (Å²) in [7, 11) is -1.97. The van der Waals surface area contributed by atoms with E-state index in [9.17, 15) is 4.57 Å². The SMILES string of the molecule is CC1CCC(P(C)(=O)C2CCC(C)C(C)C2)CC1C. The van der Waals surface area contributed by atoms with E-state index in [1.54, 1.807) is 0 Å². The molecule has 0 aliphatic heterocycles. The first-order valence-corrected chi connectivity index (χ1v) is 10.7. The van der Waals surface area contributed by atoms with Crippen molar-refractivity contribution in [1.82, 2.24) is 0 Å². The van der Waals surface area contributed by atoms with E-state index >= 15 is 0 Å². The van der Waals surface area contributed by atoms with Crippen LogP contribution in [0.25, 0.3) is 0 Å². The third-order valence-corrected chi connectivity index (χ3v) is 10.4. The molecule has 2 heteroatoms. The van der Waals surface area contributed by atoms with Gasteiger partial charge in [0.25, 0.3) is 0 Å². The normalized spacial score (nSPS) is 47.6. The predicted octanol–water partition coefficient (Wildman–Crippen LogP) is 5.63. The molecule has 0 heterocycles. The Labute approximate surface area is 120 Å². The minimum atomic E-state index is -1.97. The summed E-state index contributed by atoms with van der Waals surface area (Å²) in [4.78, 5) is 0. The summed E-state index contributed by atoms with van der Waals surface area (Å²) in [6, 6.07) is 0. The second kappa shape index (κ2) is 5.92. The maximum Gasteiger partial charge on any atom is 0.0906 e. The van der Waals surface area contributed by atoms with Crippen molar-refractivity contribution >= 4 is 7.14 Å². The van der Waals surface area contributed by atoms with Crippen molar-refractivity contribution in [2.24, 2.45) is 23.7 Å². The summed E-state index contributed by atoms with van der Waals surface area (Å²) in [6.45, 7) is 11.6. The van der Waals surface area contributed by atoms with Crippen LogP contribution in [-0.4, -0.2) is 18.0 Å². The van der Waals surface area contributed by atoms with Gasteiger partial charge in [-0.3, -0.25) is 0 Å². The molecule has 19 heavy (non-hydrogen) atoms. The minimum absolute atomic E-state index is 0.532. The van der Waals surface area contributed by atoms with E-state index in [-0.39, 0.29) is 0 Å². The van der Waals surface area contributed by atoms with Crippen LogP contribution in [0.1, 0.15) is 66.2 Å². The second-order valence-corrected chi connectivity index (χ2v) is 11.5. The quantitative estimate of drug-likeness (QED) is 0.601. The largest absolute Gasteiger partial charge is 0.323 e. The van der Waals surface area contributed by atoms with Gasteiger partial charge in [0, 0.05) is 11.3 Å². The maximum atomic E-state index is 13.4. The van der Waals surface area contributed by atoms with Gasteiger partial charge in [0.2, 0.25) is 0 Å².